The van der Waals surface area contributed by atoms with Gasteiger partial charge in [0.1, 0.15) is 0 Å². The van der Waals surface area contributed by atoms with Crippen molar-refractivity contribution in [2.75, 3.05) is 0 Å². The second kappa shape index (κ2) is 7.07. The van der Waals surface area contributed by atoms with Gasteiger partial charge in [0.15, 0.2) is 0 Å². The maximum absolute atomic E-state index is 10.7. The Hall–Kier alpha value is -1.29. The second-order valence-corrected chi connectivity index (χ2v) is 3.14. The van der Waals surface area contributed by atoms with Crippen molar-refractivity contribution in [1.29, 1.82) is 0 Å². The summed E-state index contributed by atoms with van der Waals surface area (Å²) in [6.07, 6.45) is -2.21. The fraction of sp³-hybridized carbons (Fsp3) is 0.500. The number of aliphatic carboxylic acids is 2. The summed E-state index contributed by atoms with van der Waals surface area (Å²) in [5.41, 5.74) is -2.74. The van der Waals surface area contributed by atoms with E-state index in [1.165, 1.54) is 0 Å². The van der Waals surface area contributed by atoms with E-state index in [1.54, 1.807) is 0 Å². The summed E-state index contributed by atoms with van der Waals surface area (Å²) in [6.45, 7) is 0. The average Bonchev–Trinajstić information content (AvgIpc) is 2.01. The van der Waals surface area contributed by atoms with E-state index in [2.05, 4.69) is 3.66 Å². The molecule has 6 N–H and O–H groups in total. The van der Waals surface area contributed by atoms with Gasteiger partial charge in [-0.05, 0) is 0 Å². The third-order valence-corrected chi connectivity index (χ3v) is 1.85. The zero-order chi connectivity index (χ0) is 12.1. The van der Waals surface area contributed by atoms with Gasteiger partial charge in [0, 0.05) is 0 Å². The quantitative estimate of drug-likeness (QED) is 0.460. The average molecular weight is 275 g/mol. The summed E-state index contributed by atoms with van der Waals surface area (Å²) in [4.78, 5) is 31.5. The molecule has 0 spiro atoms. The Morgan fingerprint density at radius 2 is 1.69 bits per heavy atom. The molecule has 0 aliphatic carbocycles. The molecule has 0 fully saturated rings. The van der Waals surface area contributed by atoms with E-state index in [0.29, 0.717) is 0 Å². The summed E-state index contributed by atoms with van der Waals surface area (Å²) in [7, 11) is 0. The summed E-state index contributed by atoms with van der Waals surface area (Å²) >= 11 is -1.95. The first kappa shape index (κ1) is 17.1. The van der Waals surface area contributed by atoms with E-state index in [9.17, 15) is 23.2 Å². The van der Waals surface area contributed by atoms with Gasteiger partial charge in [0.05, 0.1) is 0 Å². The van der Waals surface area contributed by atoms with Crippen LogP contribution in [0.4, 0.5) is 0 Å². The van der Waals surface area contributed by atoms with Crippen molar-refractivity contribution in [3.05, 3.63) is 0 Å². The van der Waals surface area contributed by atoms with E-state index < -0.39 is 52.9 Å². The number of carboxylic acid groups (broad SMARTS) is 2. The van der Waals surface area contributed by atoms with Gasteiger partial charge in [0.25, 0.3) is 0 Å². The SMILES string of the molecule is N.[O]=[V][O]C(=O)CC(O)(CC(=O)O)C(=O)O. The van der Waals surface area contributed by atoms with Gasteiger partial charge in [-0.25, -0.2) is 0 Å². The van der Waals surface area contributed by atoms with Gasteiger partial charge in [-0.2, -0.15) is 0 Å². The van der Waals surface area contributed by atoms with Gasteiger partial charge in [-0.3, -0.25) is 0 Å². The molecule has 0 amide bonds. The molecule has 92 valence electrons. The summed E-state index contributed by atoms with van der Waals surface area (Å²) in [6, 6.07) is 0. The van der Waals surface area contributed by atoms with Crippen LogP contribution < -0.4 is 6.15 Å². The monoisotopic (exact) mass is 275 g/mol. The van der Waals surface area contributed by atoms with Gasteiger partial charge in [0.2, 0.25) is 0 Å². The van der Waals surface area contributed by atoms with Gasteiger partial charge in [-0.1, -0.05) is 0 Å². The van der Waals surface area contributed by atoms with Crippen LogP contribution in [0.25, 0.3) is 0 Å². The molecule has 0 radical (unpaired) electrons. The summed E-state index contributed by atoms with van der Waals surface area (Å²) in [5.74, 6) is -4.66. The molecule has 0 saturated heterocycles. The first-order valence-corrected chi connectivity index (χ1v) is 4.66. The van der Waals surface area contributed by atoms with E-state index in [-0.39, 0.29) is 6.15 Å². The number of rotatable bonds is 6. The van der Waals surface area contributed by atoms with Crippen LogP contribution in [0, 0.1) is 0 Å². The van der Waals surface area contributed by atoms with Crippen molar-refractivity contribution in [3.8, 4) is 0 Å². The fourth-order valence-corrected chi connectivity index (χ4v) is 1.01. The van der Waals surface area contributed by atoms with Crippen LogP contribution in [-0.2, 0) is 38.3 Å². The Morgan fingerprint density at radius 3 is 2.00 bits per heavy atom. The number of carboxylic acids is 2. The van der Waals surface area contributed by atoms with Crippen LogP contribution in [0.1, 0.15) is 12.8 Å². The van der Waals surface area contributed by atoms with Gasteiger partial charge >= 0.3 is 90.0 Å². The second-order valence-electron chi connectivity index (χ2n) is 2.62. The summed E-state index contributed by atoms with van der Waals surface area (Å²) < 4.78 is 13.9. The van der Waals surface area contributed by atoms with Crippen LogP contribution in [0.2, 0.25) is 0 Å². The van der Waals surface area contributed by atoms with Crippen molar-refractivity contribution >= 4 is 17.9 Å². The molecular formula is C6H10NO8V. The predicted molar refractivity (Wildman–Crippen MR) is 41.3 cm³/mol. The van der Waals surface area contributed by atoms with E-state index in [0.717, 1.165) is 0 Å². The Balaban J connectivity index is 0. The third kappa shape index (κ3) is 5.56. The zero-order valence-electron chi connectivity index (χ0n) is 7.95. The Labute approximate surface area is 96.6 Å². The molecular weight excluding hydrogens is 265 g/mol. The number of carbonyl (C=O) groups excluding carboxylic acids is 1. The number of carbonyl (C=O) groups is 3. The molecule has 0 aromatic heterocycles. The van der Waals surface area contributed by atoms with Crippen LogP contribution in [0.15, 0.2) is 0 Å². The number of hydrogen-bond donors (Lipinski definition) is 4. The van der Waals surface area contributed by atoms with Crippen LogP contribution in [-0.4, -0.2) is 38.8 Å². The minimum absolute atomic E-state index is 0. The molecule has 16 heavy (non-hydrogen) atoms. The normalized spacial score (nSPS) is 12.8. The zero-order valence-corrected chi connectivity index (χ0v) is 9.35. The molecule has 9 nitrogen and oxygen atoms in total. The maximum atomic E-state index is 10.7. The summed E-state index contributed by atoms with van der Waals surface area (Å²) in [5, 5.41) is 26.1. The van der Waals surface area contributed by atoms with Gasteiger partial charge < -0.3 is 6.15 Å². The van der Waals surface area contributed by atoms with Crippen molar-refractivity contribution in [3.63, 3.8) is 0 Å². The minimum atomic E-state index is -2.74. The topological polar surface area (TPSA) is 173 Å². The predicted octanol–water partition coefficient (Wildman–Crippen LogP) is -1.28. The Morgan fingerprint density at radius 1 is 1.19 bits per heavy atom. The number of hydrogen-bond acceptors (Lipinski definition) is 7. The van der Waals surface area contributed by atoms with Crippen molar-refractivity contribution in [2.24, 2.45) is 0 Å². The van der Waals surface area contributed by atoms with E-state index >= 15 is 0 Å². The third-order valence-electron chi connectivity index (χ3n) is 1.42. The van der Waals surface area contributed by atoms with Crippen molar-refractivity contribution in [1.82, 2.24) is 6.15 Å². The van der Waals surface area contributed by atoms with E-state index in [4.69, 9.17) is 10.2 Å². The van der Waals surface area contributed by atoms with Crippen LogP contribution in [0.5, 0.6) is 0 Å². The first-order chi connectivity index (χ1) is 6.81. The number of aliphatic hydroxyl groups is 1. The van der Waals surface area contributed by atoms with Gasteiger partial charge in [-0.15, -0.1) is 0 Å². The Kier molecular flexibility index (Phi) is 7.56. The van der Waals surface area contributed by atoms with Crippen molar-refractivity contribution < 1.29 is 53.6 Å². The molecule has 0 bridgehead atoms. The van der Waals surface area contributed by atoms with E-state index in [1.807, 2.05) is 0 Å². The molecule has 0 aliphatic rings. The molecule has 0 saturated carbocycles. The molecule has 0 heterocycles. The fourth-order valence-electron chi connectivity index (χ4n) is 0.777. The first-order valence-electron chi connectivity index (χ1n) is 3.52. The molecule has 0 aliphatic heterocycles. The van der Waals surface area contributed by atoms with Crippen LogP contribution >= 0.6 is 0 Å². The molecule has 1 atom stereocenters. The standard InChI is InChI=1S/C6H8O7.H3N.O.V/c7-3(8)1-6(13,5(11)12)2-4(9)10;;;/h13H,1-2H2,(H,7,8)(H,9,10)(H,11,12);1H3;;/q;;;+1/p-1. The molecule has 10 heteroatoms. The van der Waals surface area contributed by atoms with Crippen LogP contribution in [0.3, 0.4) is 0 Å². The Bertz CT molecular complexity index is 305. The molecule has 0 aromatic carbocycles. The molecule has 1 unspecified atom stereocenters. The molecule has 0 aromatic rings. The van der Waals surface area contributed by atoms with Crippen molar-refractivity contribution in [2.45, 2.75) is 18.4 Å². The molecule has 0 rings (SSSR count).